The fourth-order valence-electron chi connectivity index (χ4n) is 2.18. The molecular weight excluding hydrogens is 264 g/mol. The number of hydrogen-bond acceptors (Lipinski definition) is 3. The molecular formula is C17H20N2O2. The Balaban J connectivity index is 2.15. The second kappa shape index (κ2) is 6.31. The number of anilines is 2. The molecule has 1 amide bonds. The van der Waals surface area contributed by atoms with E-state index in [-0.39, 0.29) is 5.91 Å². The van der Waals surface area contributed by atoms with Crippen molar-refractivity contribution in [2.45, 2.75) is 20.3 Å². The van der Waals surface area contributed by atoms with E-state index in [1.54, 1.807) is 25.3 Å². The first-order valence-corrected chi connectivity index (χ1v) is 6.79. The number of nitrogens with two attached hydrogens (primary N) is 1. The fraction of sp³-hybridized carbons (Fsp3) is 0.235. The van der Waals surface area contributed by atoms with Crippen LogP contribution in [0.5, 0.6) is 5.75 Å². The molecule has 0 saturated carbocycles. The van der Waals surface area contributed by atoms with Crippen LogP contribution in [0.25, 0.3) is 0 Å². The molecule has 0 spiro atoms. The van der Waals surface area contributed by atoms with Crippen LogP contribution >= 0.6 is 0 Å². The molecule has 0 unspecified atom stereocenters. The summed E-state index contributed by atoms with van der Waals surface area (Å²) in [5.41, 5.74) is 10.2. The van der Waals surface area contributed by atoms with E-state index in [1.807, 2.05) is 32.0 Å². The lowest BCUT2D eigenvalue weighted by Crippen LogP contribution is -2.16. The van der Waals surface area contributed by atoms with E-state index in [9.17, 15) is 4.79 Å². The molecule has 0 aliphatic carbocycles. The van der Waals surface area contributed by atoms with Crippen molar-refractivity contribution in [1.82, 2.24) is 0 Å². The van der Waals surface area contributed by atoms with Gasteiger partial charge in [-0.05, 0) is 43.2 Å². The van der Waals surface area contributed by atoms with Crippen LogP contribution in [0.15, 0.2) is 36.4 Å². The lowest BCUT2D eigenvalue weighted by molar-refractivity contribution is -0.115. The SMILES string of the molecule is COc1ccc(N)cc1NC(=O)Cc1cc(C)ccc1C. The van der Waals surface area contributed by atoms with Gasteiger partial charge in [-0.25, -0.2) is 0 Å². The van der Waals surface area contributed by atoms with Gasteiger partial charge >= 0.3 is 0 Å². The zero-order valence-electron chi connectivity index (χ0n) is 12.6. The zero-order valence-corrected chi connectivity index (χ0v) is 12.6. The van der Waals surface area contributed by atoms with Crippen molar-refractivity contribution >= 4 is 17.3 Å². The van der Waals surface area contributed by atoms with Gasteiger partial charge in [0.2, 0.25) is 5.91 Å². The molecule has 2 aromatic carbocycles. The third-order valence-electron chi connectivity index (χ3n) is 3.35. The minimum atomic E-state index is -0.0902. The molecule has 4 heteroatoms. The molecule has 2 aromatic rings. The van der Waals surface area contributed by atoms with E-state index in [2.05, 4.69) is 5.32 Å². The van der Waals surface area contributed by atoms with Crippen molar-refractivity contribution in [2.24, 2.45) is 0 Å². The highest BCUT2D eigenvalue weighted by molar-refractivity contribution is 5.94. The second-order valence-electron chi connectivity index (χ2n) is 5.11. The summed E-state index contributed by atoms with van der Waals surface area (Å²) in [6.45, 7) is 4.02. The Morgan fingerprint density at radius 3 is 2.67 bits per heavy atom. The number of ether oxygens (including phenoxy) is 1. The molecule has 0 bridgehead atoms. The molecule has 21 heavy (non-hydrogen) atoms. The van der Waals surface area contributed by atoms with Gasteiger partial charge in [0.05, 0.1) is 19.2 Å². The van der Waals surface area contributed by atoms with Gasteiger partial charge in [-0.15, -0.1) is 0 Å². The van der Waals surface area contributed by atoms with Gasteiger partial charge in [-0.3, -0.25) is 4.79 Å². The van der Waals surface area contributed by atoms with Gasteiger partial charge in [0.15, 0.2) is 0 Å². The van der Waals surface area contributed by atoms with Crippen molar-refractivity contribution in [2.75, 3.05) is 18.2 Å². The normalized spacial score (nSPS) is 10.2. The van der Waals surface area contributed by atoms with E-state index in [0.717, 1.165) is 16.7 Å². The van der Waals surface area contributed by atoms with Gasteiger partial charge in [-0.2, -0.15) is 0 Å². The van der Waals surface area contributed by atoms with E-state index < -0.39 is 0 Å². The summed E-state index contributed by atoms with van der Waals surface area (Å²) >= 11 is 0. The average molecular weight is 284 g/mol. The van der Waals surface area contributed by atoms with Gasteiger partial charge < -0.3 is 15.8 Å². The number of hydrogen-bond donors (Lipinski definition) is 2. The molecule has 0 fully saturated rings. The lowest BCUT2D eigenvalue weighted by atomic mass is 10.0. The first-order valence-electron chi connectivity index (χ1n) is 6.79. The van der Waals surface area contributed by atoms with Gasteiger partial charge in [0, 0.05) is 5.69 Å². The number of amides is 1. The van der Waals surface area contributed by atoms with Crippen LogP contribution in [0.1, 0.15) is 16.7 Å². The van der Waals surface area contributed by atoms with Gasteiger partial charge in [0.25, 0.3) is 0 Å². The van der Waals surface area contributed by atoms with E-state index in [1.165, 1.54) is 0 Å². The summed E-state index contributed by atoms with van der Waals surface area (Å²) in [4.78, 5) is 12.2. The minimum Gasteiger partial charge on any atom is -0.495 e. The Bertz CT molecular complexity index is 666. The summed E-state index contributed by atoms with van der Waals surface area (Å²) in [6.07, 6.45) is 0.325. The van der Waals surface area contributed by atoms with E-state index >= 15 is 0 Å². The number of nitrogens with one attached hydrogen (secondary N) is 1. The second-order valence-corrected chi connectivity index (χ2v) is 5.11. The molecule has 0 atom stereocenters. The van der Waals surface area contributed by atoms with Crippen molar-refractivity contribution in [3.8, 4) is 5.75 Å². The molecule has 3 N–H and O–H groups in total. The van der Waals surface area contributed by atoms with Gasteiger partial charge in [0.1, 0.15) is 5.75 Å². The monoisotopic (exact) mass is 284 g/mol. The molecule has 0 aliphatic rings. The van der Waals surface area contributed by atoms with Crippen LogP contribution in [0.2, 0.25) is 0 Å². The number of rotatable bonds is 4. The first kappa shape index (κ1) is 14.9. The molecule has 0 aliphatic heterocycles. The van der Waals surface area contributed by atoms with E-state index in [0.29, 0.717) is 23.5 Å². The molecule has 0 aromatic heterocycles. The van der Waals surface area contributed by atoms with Crippen molar-refractivity contribution in [1.29, 1.82) is 0 Å². The molecule has 110 valence electrons. The number of benzene rings is 2. The van der Waals surface area contributed by atoms with Crippen LogP contribution in [0, 0.1) is 13.8 Å². The third kappa shape index (κ3) is 3.75. The standard InChI is InChI=1S/C17H20N2O2/c1-11-4-5-12(2)13(8-11)9-17(20)19-15-10-14(18)6-7-16(15)21-3/h4-8,10H,9,18H2,1-3H3,(H,19,20). The van der Waals surface area contributed by atoms with E-state index in [4.69, 9.17) is 10.5 Å². The predicted molar refractivity (Wildman–Crippen MR) is 85.7 cm³/mol. The van der Waals surface area contributed by atoms with Crippen LogP contribution in [-0.2, 0) is 11.2 Å². The molecule has 4 nitrogen and oxygen atoms in total. The highest BCUT2D eigenvalue weighted by atomic mass is 16.5. The molecule has 2 rings (SSSR count). The highest BCUT2D eigenvalue weighted by Crippen LogP contribution is 2.26. The van der Waals surface area contributed by atoms with Crippen LogP contribution in [-0.4, -0.2) is 13.0 Å². The Kier molecular flexibility index (Phi) is 4.48. The number of nitrogen functional groups attached to an aromatic ring is 1. The summed E-state index contributed by atoms with van der Waals surface area (Å²) < 4.78 is 5.22. The van der Waals surface area contributed by atoms with Crippen LogP contribution < -0.4 is 15.8 Å². The largest absolute Gasteiger partial charge is 0.495 e. The average Bonchev–Trinajstić information content (AvgIpc) is 2.43. The third-order valence-corrected chi connectivity index (χ3v) is 3.35. The summed E-state index contributed by atoms with van der Waals surface area (Å²) in [6, 6.07) is 11.3. The molecule has 0 heterocycles. The zero-order chi connectivity index (χ0) is 15.4. The van der Waals surface area contributed by atoms with Crippen LogP contribution in [0.4, 0.5) is 11.4 Å². The summed E-state index contributed by atoms with van der Waals surface area (Å²) in [5, 5.41) is 2.85. The number of carbonyl (C=O) groups is 1. The highest BCUT2D eigenvalue weighted by Gasteiger charge is 2.10. The Labute approximate surface area is 124 Å². The van der Waals surface area contributed by atoms with Crippen molar-refractivity contribution in [3.05, 3.63) is 53.1 Å². The smallest absolute Gasteiger partial charge is 0.228 e. The minimum absolute atomic E-state index is 0.0902. The number of carbonyl (C=O) groups excluding carboxylic acids is 1. The summed E-state index contributed by atoms with van der Waals surface area (Å²) in [5.74, 6) is 0.506. The van der Waals surface area contributed by atoms with Gasteiger partial charge in [-0.1, -0.05) is 23.8 Å². The Hall–Kier alpha value is -2.49. The number of methoxy groups -OCH3 is 1. The summed E-state index contributed by atoms with van der Waals surface area (Å²) in [7, 11) is 1.56. The molecule has 0 saturated heterocycles. The number of aryl methyl sites for hydroxylation is 2. The Morgan fingerprint density at radius 1 is 1.19 bits per heavy atom. The van der Waals surface area contributed by atoms with Crippen LogP contribution in [0.3, 0.4) is 0 Å². The maximum Gasteiger partial charge on any atom is 0.228 e. The maximum absolute atomic E-state index is 12.2. The fourth-order valence-corrected chi connectivity index (χ4v) is 2.18. The first-order chi connectivity index (χ1) is 9.99. The lowest BCUT2D eigenvalue weighted by Gasteiger charge is -2.12. The van der Waals surface area contributed by atoms with Crippen molar-refractivity contribution < 1.29 is 9.53 Å². The quantitative estimate of drug-likeness (QED) is 0.848. The molecule has 0 radical (unpaired) electrons. The predicted octanol–water partition coefficient (Wildman–Crippen LogP) is 3.08. The maximum atomic E-state index is 12.2. The topological polar surface area (TPSA) is 64.3 Å². The Morgan fingerprint density at radius 2 is 1.95 bits per heavy atom. The van der Waals surface area contributed by atoms with Crippen molar-refractivity contribution in [3.63, 3.8) is 0 Å².